The fourth-order valence-electron chi connectivity index (χ4n) is 1.67. The molecule has 0 radical (unpaired) electrons. The van der Waals surface area contributed by atoms with Gasteiger partial charge in [-0.1, -0.05) is 62.2 Å². The average Bonchev–Trinajstić information content (AvgIpc) is 2.32. The van der Waals surface area contributed by atoms with Gasteiger partial charge in [-0.05, 0) is 35.7 Å². The smallest absolute Gasteiger partial charge is 0.0636 e. The van der Waals surface area contributed by atoms with Crippen LogP contribution in [0.15, 0.2) is 57.5 Å². The molecule has 0 saturated heterocycles. The van der Waals surface area contributed by atoms with Gasteiger partial charge >= 0.3 is 0 Å². The highest BCUT2D eigenvalue weighted by molar-refractivity contribution is 9.10. The van der Waals surface area contributed by atoms with Gasteiger partial charge in [-0.2, -0.15) is 0 Å². The summed E-state index contributed by atoms with van der Waals surface area (Å²) in [7, 11) is 0. The van der Waals surface area contributed by atoms with E-state index in [-0.39, 0.29) is 5.38 Å². The third-order valence-electron chi connectivity index (χ3n) is 2.57. The fourth-order valence-corrected chi connectivity index (χ4v) is 2.99. The number of halogens is 3. The lowest BCUT2D eigenvalue weighted by molar-refractivity contribution is 0.914. The van der Waals surface area contributed by atoms with Crippen molar-refractivity contribution >= 4 is 43.5 Å². The summed E-state index contributed by atoms with van der Waals surface area (Å²) in [6.07, 6.45) is 0.831. The van der Waals surface area contributed by atoms with E-state index in [9.17, 15) is 0 Å². The highest BCUT2D eigenvalue weighted by atomic mass is 79.9. The predicted molar refractivity (Wildman–Crippen MR) is 80.6 cm³/mol. The van der Waals surface area contributed by atoms with Crippen molar-refractivity contribution in [2.24, 2.45) is 0 Å². The van der Waals surface area contributed by atoms with E-state index in [4.69, 9.17) is 11.6 Å². The molecule has 0 spiro atoms. The zero-order chi connectivity index (χ0) is 12.3. The van der Waals surface area contributed by atoms with Crippen LogP contribution in [0.5, 0.6) is 0 Å². The molecule has 17 heavy (non-hydrogen) atoms. The Labute approximate surface area is 123 Å². The number of rotatable bonds is 3. The Hall–Kier alpha value is -0.310. The zero-order valence-corrected chi connectivity index (χ0v) is 13.0. The van der Waals surface area contributed by atoms with Gasteiger partial charge in [0.1, 0.15) is 0 Å². The summed E-state index contributed by atoms with van der Waals surface area (Å²) in [4.78, 5) is 0. The number of benzene rings is 2. The van der Waals surface area contributed by atoms with Crippen molar-refractivity contribution in [1.29, 1.82) is 0 Å². The molecule has 0 aromatic heterocycles. The molecular weight excluding hydrogens is 363 g/mol. The van der Waals surface area contributed by atoms with Gasteiger partial charge in [0.2, 0.25) is 0 Å². The molecule has 0 nitrogen and oxygen atoms in total. The third-order valence-corrected chi connectivity index (χ3v) is 4.21. The van der Waals surface area contributed by atoms with Crippen LogP contribution in [0.3, 0.4) is 0 Å². The first-order valence-electron chi connectivity index (χ1n) is 5.30. The molecule has 0 amide bonds. The van der Waals surface area contributed by atoms with Gasteiger partial charge in [-0.25, -0.2) is 0 Å². The van der Waals surface area contributed by atoms with Crippen LogP contribution in [0.25, 0.3) is 0 Å². The summed E-state index contributed by atoms with van der Waals surface area (Å²) in [6.45, 7) is 0. The van der Waals surface area contributed by atoms with Crippen LogP contribution in [0.4, 0.5) is 0 Å². The van der Waals surface area contributed by atoms with Crippen LogP contribution < -0.4 is 0 Å². The van der Waals surface area contributed by atoms with Crippen LogP contribution in [0.1, 0.15) is 16.5 Å². The summed E-state index contributed by atoms with van der Waals surface area (Å²) in [5.41, 5.74) is 2.38. The molecule has 1 atom stereocenters. The Bertz CT molecular complexity index is 494. The summed E-state index contributed by atoms with van der Waals surface area (Å²) in [5.74, 6) is 0. The van der Waals surface area contributed by atoms with Crippen LogP contribution in [0.2, 0.25) is 0 Å². The molecule has 3 heteroatoms. The maximum Gasteiger partial charge on any atom is 0.0636 e. The maximum atomic E-state index is 6.44. The topological polar surface area (TPSA) is 0 Å². The van der Waals surface area contributed by atoms with Crippen LogP contribution >= 0.6 is 43.5 Å². The molecular formula is C14H11Br2Cl. The SMILES string of the molecule is ClC(Cc1ccc(Br)cc1)c1ccccc1Br. The van der Waals surface area contributed by atoms with Gasteiger partial charge in [0, 0.05) is 8.95 Å². The minimum Gasteiger partial charge on any atom is -0.117 e. The molecule has 2 aromatic carbocycles. The lowest BCUT2D eigenvalue weighted by atomic mass is 10.0. The molecule has 2 rings (SSSR count). The van der Waals surface area contributed by atoms with Crippen molar-refractivity contribution in [3.05, 3.63) is 68.6 Å². The highest BCUT2D eigenvalue weighted by Gasteiger charge is 2.11. The minimum atomic E-state index is -0.00764. The standard InChI is InChI=1S/C14H11Br2Cl/c15-11-7-5-10(6-8-11)9-14(17)12-3-1-2-4-13(12)16/h1-8,14H,9H2. The van der Waals surface area contributed by atoms with Crippen LogP contribution in [-0.2, 0) is 6.42 Å². The van der Waals surface area contributed by atoms with Crippen molar-refractivity contribution < 1.29 is 0 Å². The fraction of sp³-hybridized carbons (Fsp3) is 0.143. The number of hydrogen-bond acceptors (Lipinski definition) is 0. The summed E-state index contributed by atoms with van der Waals surface area (Å²) in [5, 5.41) is -0.00764. The molecule has 0 saturated carbocycles. The van der Waals surface area contributed by atoms with E-state index in [1.54, 1.807) is 0 Å². The van der Waals surface area contributed by atoms with Gasteiger partial charge in [-0.3, -0.25) is 0 Å². The molecule has 0 fully saturated rings. The van der Waals surface area contributed by atoms with Gasteiger partial charge in [0.25, 0.3) is 0 Å². The van der Waals surface area contributed by atoms with Crippen LogP contribution in [-0.4, -0.2) is 0 Å². The number of hydrogen-bond donors (Lipinski definition) is 0. The molecule has 0 bridgehead atoms. The van der Waals surface area contributed by atoms with E-state index in [0.717, 1.165) is 20.9 Å². The first kappa shape index (κ1) is 13.1. The second-order valence-corrected chi connectivity index (χ2v) is 6.12. The Kier molecular flexibility index (Phi) is 4.66. The molecule has 88 valence electrons. The van der Waals surface area contributed by atoms with E-state index < -0.39 is 0 Å². The molecule has 0 heterocycles. The van der Waals surface area contributed by atoms with Crippen LogP contribution in [0, 0.1) is 0 Å². The van der Waals surface area contributed by atoms with Crippen molar-refractivity contribution in [3.63, 3.8) is 0 Å². The van der Waals surface area contributed by atoms with Gasteiger partial charge in [-0.15, -0.1) is 11.6 Å². The Morgan fingerprint density at radius 3 is 2.24 bits per heavy atom. The summed E-state index contributed by atoms with van der Waals surface area (Å²) < 4.78 is 2.16. The Morgan fingerprint density at radius 1 is 0.941 bits per heavy atom. The summed E-state index contributed by atoms with van der Waals surface area (Å²) in [6, 6.07) is 16.4. The molecule has 1 unspecified atom stereocenters. The largest absolute Gasteiger partial charge is 0.117 e. The van der Waals surface area contributed by atoms with E-state index in [1.807, 2.05) is 30.3 Å². The Morgan fingerprint density at radius 2 is 1.59 bits per heavy atom. The van der Waals surface area contributed by atoms with Gasteiger partial charge < -0.3 is 0 Å². The van der Waals surface area contributed by atoms with E-state index in [1.165, 1.54) is 5.56 Å². The molecule has 2 aromatic rings. The zero-order valence-electron chi connectivity index (χ0n) is 9.04. The van der Waals surface area contributed by atoms with E-state index >= 15 is 0 Å². The first-order chi connectivity index (χ1) is 8.16. The highest BCUT2D eigenvalue weighted by Crippen LogP contribution is 2.30. The lowest BCUT2D eigenvalue weighted by Gasteiger charge is -2.11. The quantitative estimate of drug-likeness (QED) is 0.602. The van der Waals surface area contributed by atoms with Crippen molar-refractivity contribution in [1.82, 2.24) is 0 Å². The molecule has 0 N–H and O–H groups in total. The third kappa shape index (κ3) is 3.57. The first-order valence-corrected chi connectivity index (χ1v) is 7.32. The second kappa shape index (κ2) is 6.03. The molecule has 0 aliphatic heterocycles. The average molecular weight is 375 g/mol. The minimum absolute atomic E-state index is 0.00764. The van der Waals surface area contributed by atoms with Crippen molar-refractivity contribution in [2.75, 3.05) is 0 Å². The van der Waals surface area contributed by atoms with Crippen molar-refractivity contribution in [2.45, 2.75) is 11.8 Å². The molecule has 0 aliphatic rings. The van der Waals surface area contributed by atoms with E-state index in [0.29, 0.717) is 0 Å². The predicted octanol–water partition coefficient (Wildman–Crippen LogP) is 5.73. The second-order valence-electron chi connectivity index (χ2n) is 3.82. The monoisotopic (exact) mass is 372 g/mol. The maximum absolute atomic E-state index is 6.44. The van der Waals surface area contributed by atoms with Gasteiger partial charge in [0.15, 0.2) is 0 Å². The Balaban J connectivity index is 2.14. The summed E-state index contributed by atoms with van der Waals surface area (Å²) >= 11 is 13.4. The molecule has 0 aliphatic carbocycles. The number of alkyl halides is 1. The normalized spacial score (nSPS) is 12.4. The van der Waals surface area contributed by atoms with Gasteiger partial charge in [0.05, 0.1) is 5.38 Å². The van der Waals surface area contributed by atoms with E-state index in [2.05, 4.69) is 50.1 Å². The van der Waals surface area contributed by atoms with Crippen molar-refractivity contribution in [3.8, 4) is 0 Å². The lowest BCUT2D eigenvalue weighted by Crippen LogP contribution is -1.96.